The summed E-state index contributed by atoms with van der Waals surface area (Å²) in [4.78, 5) is 12.1. The number of halogens is 1. The van der Waals surface area contributed by atoms with E-state index in [1.165, 1.54) is 23.8 Å². The van der Waals surface area contributed by atoms with Crippen LogP contribution in [0, 0.1) is 12.7 Å². The van der Waals surface area contributed by atoms with Crippen molar-refractivity contribution in [3.05, 3.63) is 89.7 Å². The number of rotatable bonds is 3. The molecule has 3 aromatic rings. The molecule has 0 heterocycles. The van der Waals surface area contributed by atoms with Crippen LogP contribution in [0.15, 0.2) is 72.8 Å². The van der Waals surface area contributed by atoms with Gasteiger partial charge < -0.3 is 4.74 Å². The maximum atomic E-state index is 13.1. The third-order valence-electron chi connectivity index (χ3n) is 3.51. The first kappa shape index (κ1) is 15.0. The topological polar surface area (TPSA) is 26.3 Å². The van der Waals surface area contributed by atoms with Crippen LogP contribution in [-0.4, -0.2) is 5.97 Å². The molecule has 0 atom stereocenters. The van der Waals surface area contributed by atoms with Crippen LogP contribution < -0.4 is 4.74 Å². The lowest BCUT2D eigenvalue weighted by molar-refractivity contribution is 0.0734. The zero-order chi connectivity index (χ0) is 16.2. The molecule has 0 fully saturated rings. The van der Waals surface area contributed by atoms with Crippen molar-refractivity contribution in [3.8, 4) is 16.9 Å². The summed E-state index contributed by atoms with van der Waals surface area (Å²) in [5.41, 5.74) is 3.72. The summed E-state index contributed by atoms with van der Waals surface area (Å²) in [5, 5.41) is 0. The standard InChI is InChI=1S/C20H15FO2/c1-14-5-7-15(8-6-14)16-9-11-17(12-10-16)20(22)23-19-4-2-3-18(21)13-19/h2-13H,1H3. The van der Waals surface area contributed by atoms with Crippen LogP contribution in [0.1, 0.15) is 15.9 Å². The predicted molar refractivity (Wildman–Crippen MR) is 88.0 cm³/mol. The van der Waals surface area contributed by atoms with Crippen LogP contribution in [-0.2, 0) is 0 Å². The van der Waals surface area contributed by atoms with Crippen molar-refractivity contribution in [1.82, 2.24) is 0 Å². The van der Waals surface area contributed by atoms with Crippen LogP contribution in [0.5, 0.6) is 5.75 Å². The van der Waals surface area contributed by atoms with Gasteiger partial charge in [-0.3, -0.25) is 0 Å². The van der Waals surface area contributed by atoms with Crippen LogP contribution in [0.3, 0.4) is 0 Å². The summed E-state index contributed by atoms with van der Waals surface area (Å²) in [6.45, 7) is 2.04. The van der Waals surface area contributed by atoms with E-state index in [-0.39, 0.29) is 5.75 Å². The zero-order valence-corrected chi connectivity index (χ0v) is 12.6. The normalized spacial score (nSPS) is 10.3. The van der Waals surface area contributed by atoms with Gasteiger partial charge in [0.15, 0.2) is 0 Å². The van der Waals surface area contributed by atoms with Gasteiger partial charge in [0, 0.05) is 6.07 Å². The van der Waals surface area contributed by atoms with E-state index in [9.17, 15) is 9.18 Å². The van der Waals surface area contributed by atoms with Gasteiger partial charge in [-0.25, -0.2) is 9.18 Å². The molecule has 0 aliphatic rings. The van der Waals surface area contributed by atoms with Gasteiger partial charge in [0.2, 0.25) is 0 Å². The van der Waals surface area contributed by atoms with Crippen LogP contribution in [0.2, 0.25) is 0 Å². The van der Waals surface area contributed by atoms with Crippen molar-refractivity contribution in [2.24, 2.45) is 0 Å². The number of aryl methyl sites for hydroxylation is 1. The summed E-state index contributed by atoms with van der Waals surface area (Å²) >= 11 is 0. The Morgan fingerprint density at radius 3 is 2.09 bits per heavy atom. The SMILES string of the molecule is Cc1ccc(-c2ccc(C(=O)Oc3cccc(F)c3)cc2)cc1. The Morgan fingerprint density at radius 1 is 0.870 bits per heavy atom. The van der Waals surface area contributed by atoms with Crippen molar-refractivity contribution in [1.29, 1.82) is 0 Å². The number of ether oxygens (including phenoxy) is 1. The molecule has 0 aliphatic heterocycles. The van der Waals surface area contributed by atoms with Gasteiger partial charge in [0.1, 0.15) is 11.6 Å². The Morgan fingerprint density at radius 2 is 1.48 bits per heavy atom. The molecule has 0 radical (unpaired) electrons. The van der Waals surface area contributed by atoms with E-state index in [4.69, 9.17) is 4.74 Å². The Bertz CT molecular complexity index is 821. The largest absolute Gasteiger partial charge is 0.423 e. The minimum absolute atomic E-state index is 0.192. The summed E-state index contributed by atoms with van der Waals surface area (Å²) in [6.07, 6.45) is 0. The van der Waals surface area contributed by atoms with E-state index in [1.54, 1.807) is 18.2 Å². The smallest absolute Gasteiger partial charge is 0.343 e. The number of hydrogen-bond acceptors (Lipinski definition) is 2. The molecule has 0 unspecified atom stereocenters. The van der Waals surface area contributed by atoms with Gasteiger partial charge in [0.25, 0.3) is 0 Å². The number of carbonyl (C=O) groups is 1. The molecular formula is C20H15FO2. The van der Waals surface area contributed by atoms with E-state index < -0.39 is 11.8 Å². The first-order valence-corrected chi connectivity index (χ1v) is 7.27. The highest BCUT2D eigenvalue weighted by atomic mass is 19.1. The van der Waals surface area contributed by atoms with Crippen LogP contribution in [0.25, 0.3) is 11.1 Å². The summed E-state index contributed by atoms with van der Waals surface area (Å²) < 4.78 is 18.3. The maximum Gasteiger partial charge on any atom is 0.343 e. The lowest BCUT2D eigenvalue weighted by atomic mass is 10.0. The summed E-state index contributed by atoms with van der Waals surface area (Å²) in [7, 11) is 0. The molecule has 23 heavy (non-hydrogen) atoms. The number of benzene rings is 3. The first-order chi connectivity index (χ1) is 11.1. The van der Waals surface area contributed by atoms with E-state index in [2.05, 4.69) is 0 Å². The second-order valence-electron chi connectivity index (χ2n) is 5.29. The average Bonchev–Trinajstić information content (AvgIpc) is 2.56. The molecule has 0 saturated carbocycles. The summed E-state index contributed by atoms with van der Waals surface area (Å²) in [6, 6.07) is 20.8. The molecule has 0 aromatic heterocycles. The molecule has 0 aliphatic carbocycles. The van der Waals surface area contributed by atoms with Crippen molar-refractivity contribution in [2.45, 2.75) is 6.92 Å². The molecule has 0 bridgehead atoms. The van der Waals surface area contributed by atoms with E-state index in [1.807, 2.05) is 43.3 Å². The lowest BCUT2D eigenvalue weighted by Crippen LogP contribution is -2.08. The van der Waals surface area contributed by atoms with Gasteiger partial charge in [-0.2, -0.15) is 0 Å². The average molecular weight is 306 g/mol. The fourth-order valence-corrected chi connectivity index (χ4v) is 2.24. The van der Waals surface area contributed by atoms with Crippen molar-refractivity contribution in [3.63, 3.8) is 0 Å². The van der Waals surface area contributed by atoms with Crippen LogP contribution >= 0.6 is 0 Å². The van der Waals surface area contributed by atoms with Crippen molar-refractivity contribution >= 4 is 5.97 Å². The van der Waals surface area contributed by atoms with Gasteiger partial charge in [0.05, 0.1) is 5.56 Å². The molecule has 3 rings (SSSR count). The van der Waals surface area contributed by atoms with E-state index in [0.717, 1.165) is 11.1 Å². The molecule has 3 aromatic carbocycles. The third kappa shape index (κ3) is 3.64. The predicted octanol–water partition coefficient (Wildman–Crippen LogP) is 5.02. The van der Waals surface area contributed by atoms with Gasteiger partial charge in [-0.05, 0) is 42.3 Å². The number of carbonyl (C=O) groups excluding carboxylic acids is 1. The summed E-state index contributed by atoms with van der Waals surface area (Å²) in [5.74, 6) is -0.756. The molecule has 0 spiro atoms. The Hall–Kier alpha value is -2.94. The molecule has 114 valence electrons. The molecular weight excluding hydrogens is 291 g/mol. The van der Waals surface area contributed by atoms with Crippen molar-refractivity contribution in [2.75, 3.05) is 0 Å². The minimum Gasteiger partial charge on any atom is -0.423 e. The van der Waals surface area contributed by atoms with Crippen molar-refractivity contribution < 1.29 is 13.9 Å². The van der Waals surface area contributed by atoms with Gasteiger partial charge in [-0.1, -0.05) is 48.0 Å². The molecule has 0 N–H and O–H groups in total. The van der Waals surface area contributed by atoms with E-state index >= 15 is 0 Å². The highest BCUT2D eigenvalue weighted by molar-refractivity contribution is 5.91. The molecule has 0 saturated heterocycles. The molecule has 3 heteroatoms. The Labute approximate surface area is 134 Å². The number of esters is 1. The Kier molecular flexibility index (Phi) is 4.20. The second-order valence-corrected chi connectivity index (χ2v) is 5.29. The Balaban J connectivity index is 1.76. The highest BCUT2D eigenvalue weighted by Crippen LogP contribution is 2.21. The van der Waals surface area contributed by atoms with Gasteiger partial charge >= 0.3 is 5.97 Å². The molecule has 2 nitrogen and oxygen atoms in total. The third-order valence-corrected chi connectivity index (χ3v) is 3.51. The molecule has 0 amide bonds. The zero-order valence-electron chi connectivity index (χ0n) is 12.6. The van der Waals surface area contributed by atoms with Gasteiger partial charge in [-0.15, -0.1) is 0 Å². The number of hydrogen-bond donors (Lipinski definition) is 0. The quantitative estimate of drug-likeness (QED) is 0.501. The fourth-order valence-electron chi connectivity index (χ4n) is 2.24. The maximum absolute atomic E-state index is 13.1. The fraction of sp³-hybridized carbons (Fsp3) is 0.0500. The monoisotopic (exact) mass is 306 g/mol. The van der Waals surface area contributed by atoms with Crippen LogP contribution in [0.4, 0.5) is 4.39 Å². The second kappa shape index (κ2) is 6.44. The lowest BCUT2D eigenvalue weighted by Gasteiger charge is -2.06. The minimum atomic E-state index is -0.508. The first-order valence-electron chi connectivity index (χ1n) is 7.27. The highest BCUT2D eigenvalue weighted by Gasteiger charge is 2.09. The van der Waals surface area contributed by atoms with E-state index in [0.29, 0.717) is 5.56 Å².